The van der Waals surface area contributed by atoms with Gasteiger partial charge in [-0.05, 0) is 48.5 Å². The lowest BCUT2D eigenvalue weighted by Crippen LogP contribution is -1.88. The predicted molar refractivity (Wildman–Crippen MR) is 100.0 cm³/mol. The maximum Gasteiger partial charge on any atom is 0.204 e. The van der Waals surface area contributed by atoms with E-state index in [1.165, 1.54) is 0 Å². The first-order chi connectivity index (χ1) is 11.8. The largest absolute Gasteiger partial charge is 0.455 e. The van der Waals surface area contributed by atoms with Gasteiger partial charge in [0.25, 0.3) is 0 Å². The minimum absolute atomic E-state index is 0.661. The molecule has 0 spiro atoms. The van der Waals surface area contributed by atoms with Crippen LogP contribution in [0.2, 0.25) is 5.02 Å². The molecule has 0 bridgehead atoms. The molecular weight excluding hydrogens is 342 g/mol. The number of thiazole rings is 1. The summed E-state index contributed by atoms with van der Waals surface area (Å²) >= 11 is 7.45. The highest BCUT2D eigenvalue weighted by Crippen LogP contribution is 2.26. The topological polar surface area (TPSA) is 50.4 Å². The first-order valence-electron chi connectivity index (χ1n) is 7.28. The first-order valence-corrected chi connectivity index (χ1v) is 8.48. The SMILES string of the molecule is Clc1ccc(-c2ccc(/C=N/Nc3nc4ccccc4s3)o2)cc1. The van der Waals surface area contributed by atoms with Gasteiger partial charge in [0.2, 0.25) is 5.13 Å². The second kappa shape index (κ2) is 6.47. The summed E-state index contributed by atoms with van der Waals surface area (Å²) in [6.07, 6.45) is 1.63. The Bertz CT molecular complexity index is 971. The Morgan fingerprint density at radius 2 is 1.88 bits per heavy atom. The monoisotopic (exact) mass is 353 g/mol. The van der Waals surface area contributed by atoms with Crippen molar-refractivity contribution in [3.63, 3.8) is 0 Å². The van der Waals surface area contributed by atoms with E-state index in [1.54, 1.807) is 17.6 Å². The molecule has 1 N–H and O–H groups in total. The summed E-state index contributed by atoms with van der Waals surface area (Å²) in [6.45, 7) is 0. The van der Waals surface area contributed by atoms with Crippen molar-refractivity contribution < 1.29 is 4.42 Å². The molecule has 4 aromatic rings. The molecule has 4 rings (SSSR count). The number of benzene rings is 2. The summed E-state index contributed by atoms with van der Waals surface area (Å²) in [5.74, 6) is 1.43. The smallest absolute Gasteiger partial charge is 0.204 e. The van der Waals surface area contributed by atoms with E-state index in [2.05, 4.69) is 15.5 Å². The third-order valence-electron chi connectivity index (χ3n) is 3.40. The molecule has 0 atom stereocenters. The second-order valence-electron chi connectivity index (χ2n) is 5.07. The van der Waals surface area contributed by atoms with Crippen LogP contribution < -0.4 is 5.43 Å². The predicted octanol–water partition coefficient (Wildman–Crippen LogP) is 5.66. The van der Waals surface area contributed by atoms with Crippen LogP contribution in [0.5, 0.6) is 0 Å². The van der Waals surface area contributed by atoms with Crippen molar-refractivity contribution in [1.29, 1.82) is 0 Å². The molecule has 2 heterocycles. The van der Waals surface area contributed by atoms with Gasteiger partial charge in [0.15, 0.2) is 0 Å². The minimum Gasteiger partial charge on any atom is -0.455 e. The summed E-state index contributed by atoms with van der Waals surface area (Å²) in [6, 6.07) is 19.3. The van der Waals surface area contributed by atoms with E-state index in [-0.39, 0.29) is 0 Å². The second-order valence-corrected chi connectivity index (χ2v) is 6.53. The fourth-order valence-electron chi connectivity index (χ4n) is 2.26. The molecule has 0 aliphatic heterocycles. The summed E-state index contributed by atoms with van der Waals surface area (Å²) in [7, 11) is 0. The Morgan fingerprint density at radius 1 is 1.04 bits per heavy atom. The van der Waals surface area contributed by atoms with Crippen molar-refractivity contribution in [3.05, 3.63) is 71.4 Å². The van der Waals surface area contributed by atoms with Gasteiger partial charge in [-0.25, -0.2) is 4.98 Å². The van der Waals surface area contributed by atoms with Gasteiger partial charge in [-0.3, -0.25) is 5.43 Å². The quantitative estimate of drug-likeness (QED) is 0.380. The van der Waals surface area contributed by atoms with Crippen LogP contribution >= 0.6 is 22.9 Å². The summed E-state index contributed by atoms with van der Waals surface area (Å²) in [5.41, 5.74) is 4.87. The van der Waals surface area contributed by atoms with E-state index in [4.69, 9.17) is 16.0 Å². The number of hydrazone groups is 1. The first kappa shape index (κ1) is 14.9. The zero-order valence-electron chi connectivity index (χ0n) is 12.4. The van der Waals surface area contributed by atoms with Crippen LogP contribution in [-0.2, 0) is 0 Å². The average molecular weight is 354 g/mol. The summed E-state index contributed by atoms with van der Waals surface area (Å²) < 4.78 is 6.88. The molecule has 0 unspecified atom stereocenters. The maximum atomic E-state index is 5.90. The average Bonchev–Trinajstić information content (AvgIpc) is 3.22. The third kappa shape index (κ3) is 3.18. The molecule has 2 aromatic heterocycles. The van der Waals surface area contributed by atoms with Gasteiger partial charge in [-0.2, -0.15) is 5.10 Å². The number of hydrogen-bond acceptors (Lipinski definition) is 5. The number of anilines is 1. The normalized spacial score (nSPS) is 11.4. The van der Waals surface area contributed by atoms with Gasteiger partial charge in [0.1, 0.15) is 11.5 Å². The highest BCUT2D eigenvalue weighted by atomic mass is 35.5. The van der Waals surface area contributed by atoms with Crippen LogP contribution in [0.15, 0.2) is 70.2 Å². The van der Waals surface area contributed by atoms with E-state index in [0.29, 0.717) is 10.8 Å². The van der Waals surface area contributed by atoms with Crippen molar-refractivity contribution in [2.75, 3.05) is 5.43 Å². The van der Waals surface area contributed by atoms with Gasteiger partial charge >= 0.3 is 0 Å². The van der Waals surface area contributed by atoms with Crippen molar-refractivity contribution >= 4 is 44.5 Å². The molecule has 0 saturated heterocycles. The zero-order chi connectivity index (χ0) is 16.4. The number of para-hydroxylation sites is 1. The molecule has 0 fully saturated rings. The van der Waals surface area contributed by atoms with Gasteiger partial charge in [0.05, 0.1) is 16.4 Å². The number of nitrogens with one attached hydrogen (secondary N) is 1. The Hall–Kier alpha value is -2.63. The lowest BCUT2D eigenvalue weighted by Gasteiger charge is -1.96. The number of halogens is 1. The Morgan fingerprint density at radius 3 is 2.71 bits per heavy atom. The molecule has 0 amide bonds. The summed E-state index contributed by atoms with van der Waals surface area (Å²) in [5, 5.41) is 5.63. The van der Waals surface area contributed by atoms with Crippen molar-refractivity contribution in [3.8, 4) is 11.3 Å². The molecule has 118 valence electrons. The van der Waals surface area contributed by atoms with E-state index in [1.807, 2.05) is 60.7 Å². The van der Waals surface area contributed by atoms with E-state index in [9.17, 15) is 0 Å². The van der Waals surface area contributed by atoms with Crippen LogP contribution in [0.1, 0.15) is 5.76 Å². The van der Waals surface area contributed by atoms with Crippen LogP contribution in [0.3, 0.4) is 0 Å². The molecule has 0 saturated carbocycles. The Kier molecular flexibility index (Phi) is 4.02. The van der Waals surface area contributed by atoms with E-state index < -0.39 is 0 Å². The standard InChI is InChI=1S/C18H12ClN3OS/c19-13-7-5-12(6-8-13)16-10-9-14(23-16)11-20-22-18-21-15-3-1-2-4-17(15)24-18/h1-11H,(H,21,22)/b20-11+. The van der Waals surface area contributed by atoms with E-state index in [0.717, 1.165) is 26.7 Å². The molecule has 0 radical (unpaired) electrons. The van der Waals surface area contributed by atoms with Gasteiger partial charge < -0.3 is 4.42 Å². The fraction of sp³-hybridized carbons (Fsp3) is 0. The van der Waals surface area contributed by atoms with Crippen molar-refractivity contribution in [2.45, 2.75) is 0 Å². The number of rotatable bonds is 4. The van der Waals surface area contributed by atoms with E-state index >= 15 is 0 Å². The highest BCUT2D eigenvalue weighted by molar-refractivity contribution is 7.22. The van der Waals surface area contributed by atoms with Gasteiger partial charge in [-0.15, -0.1) is 0 Å². The van der Waals surface area contributed by atoms with Gasteiger partial charge in [0, 0.05) is 10.6 Å². The minimum atomic E-state index is 0.661. The Labute approximate surface area is 147 Å². The van der Waals surface area contributed by atoms with Crippen LogP contribution in [0.25, 0.3) is 21.5 Å². The van der Waals surface area contributed by atoms with Crippen LogP contribution in [0.4, 0.5) is 5.13 Å². The molecule has 24 heavy (non-hydrogen) atoms. The molecule has 0 aliphatic carbocycles. The molecule has 4 nitrogen and oxygen atoms in total. The zero-order valence-corrected chi connectivity index (χ0v) is 14.0. The molecule has 2 aromatic carbocycles. The third-order valence-corrected chi connectivity index (χ3v) is 4.59. The lowest BCUT2D eigenvalue weighted by atomic mass is 10.2. The molecule has 0 aliphatic rings. The summed E-state index contributed by atoms with van der Waals surface area (Å²) in [4.78, 5) is 4.46. The van der Waals surface area contributed by atoms with Gasteiger partial charge in [-0.1, -0.05) is 35.1 Å². The highest BCUT2D eigenvalue weighted by Gasteiger charge is 2.04. The number of nitrogens with zero attached hydrogens (tertiary/aromatic N) is 2. The van der Waals surface area contributed by atoms with Crippen molar-refractivity contribution in [1.82, 2.24) is 4.98 Å². The number of hydrogen-bond donors (Lipinski definition) is 1. The number of fused-ring (bicyclic) bond motifs is 1. The Balaban J connectivity index is 1.47. The van der Waals surface area contributed by atoms with Crippen LogP contribution in [-0.4, -0.2) is 11.2 Å². The maximum absolute atomic E-state index is 5.90. The number of aromatic nitrogens is 1. The molecular formula is C18H12ClN3OS. The molecule has 6 heteroatoms. The fourth-order valence-corrected chi connectivity index (χ4v) is 3.20. The van der Waals surface area contributed by atoms with Crippen LogP contribution in [0, 0.1) is 0 Å². The van der Waals surface area contributed by atoms with Crippen molar-refractivity contribution in [2.24, 2.45) is 5.10 Å². The number of furan rings is 1. The lowest BCUT2D eigenvalue weighted by molar-refractivity contribution is 0.575.